The predicted molar refractivity (Wildman–Crippen MR) is 74.1 cm³/mol. The quantitative estimate of drug-likeness (QED) is 0.743. The molecule has 0 aromatic heterocycles. The maximum Gasteiger partial charge on any atom is 0.250 e. The van der Waals surface area contributed by atoms with Gasteiger partial charge < -0.3 is 16.8 Å². The van der Waals surface area contributed by atoms with Crippen LogP contribution in [0.15, 0.2) is 42.5 Å². The van der Waals surface area contributed by atoms with Gasteiger partial charge in [-0.15, -0.1) is 0 Å². The highest BCUT2D eigenvalue weighted by Crippen LogP contribution is 2.28. The average molecular weight is 262 g/mol. The maximum atomic E-state index is 11.3. The Morgan fingerprint density at radius 1 is 1.11 bits per heavy atom. The lowest BCUT2D eigenvalue weighted by molar-refractivity contribution is 0.100. The van der Waals surface area contributed by atoms with Crippen LogP contribution in [0.5, 0.6) is 0 Å². The van der Waals surface area contributed by atoms with Crippen molar-refractivity contribution in [3.63, 3.8) is 0 Å². The van der Waals surface area contributed by atoms with Crippen LogP contribution < -0.4 is 16.8 Å². The molecular formula is C13H12ClN3O. The molecule has 0 atom stereocenters. The molecule has 0 unspecified atom stereocenters. The van der Waals surface area contributed by atoms with Gasteiger partial charge in [-0.3, -0.25) is 4.79 Å². The molecule has 2 aromatic carbocycles. The summed E-state index contributed by atoms with van der Waals surface area (Å²) in [6.45, 7) is 0. The largest absolute Gasteiger partial charge is 0.399 e. The van der Waals surface area contributed by atoms with E-state index in [0.29, 0.717) is 27.6 Å². The van der Waals surface area contributed by atoms with Gasteiger partial charge in [0.25, 0.3) is 5.91 Å². The fourth-order valence-corrected chi connectivity index (χ4v) is 1.77. The fourth-order valence-electron chi connectivity index (χ4n) is 1.59. The van der Waals surface area contributed by atoms with E-state index in [-0.39, 0.29) is 0 Å². The lowest BCUT2D eigenvalue weighted by Gasteiger charge is -2.12. The Balaban J connectivity index is 2.42. The first kappa shape index (κ1) is 12.3. The van der Waals surface area contributed by atoms with Crippen LogP contribution in [0.4, 0.5) is 17.1 Å². The molecule has 0 heterocycles. The molecule has 0 radical (unpaired) electrons. The Bertz CT molecular complexity index is 599. The third kappa shape index (κ3) is 2.55. The number of nitrogens with one attached hydrogen (secondary N) is 1. The summed E-state index contributed by atoms with van der Waals surface area (Å²) in [7, 11) is 0. The molecule has 18 heavy (non-hydrogen) atoms. The second kappa shape index (κ2) is 4.98. The average Bonchev–Trinajstić information content (AvgIpc) is 2.32. The molecule has 0 saturated heterocycles. The number of halogens is 1. The minimum atomic E-state index is -0.524. The van der Waals surface area contributed by atoms with Gasteiger partial charge in [-0.25, -0.2) is 0 Å². The molecular weight excluding hydrogens is 250 g/mol. The molecule has 2 rings (SSSR count). The number of benzene rings is 2. The van der Waals surface area contributed by atoms with Crippen molar-refractivity contribution in [2.75, 3.05) is 11.1 Å². The minimum Gasteiger partial charge on any atom is -0.399 e. The predicted octanol–water partition coefficient (Wildman–Crippen LogP) is 2.76. The zero-order valence-electron chi connectivity index (χ0n) is 9.48. The number of nitrogens with two attached hydrogens (primary N) is 2. The van der Waals surface area contributed by atoms with Gasteiger partial charge in [0.1, 0.15) is 0 Å². The van der Waals surface area contributed by atoms with E-state index in [9.17, 15) is 4.79 Å². The van der Waals surface area contributed by atoms with Crippen LogP contribution in [0.3, 0.4) is 0 Å². The molecule has 4 nitrogen and oxygen atoms in total. The molecule has 0 fully saturated rings. The first-order valence-corrected chi connectivity index (χ1v) is 5.66. The van der Waals surface area contributed by atoms with Crippen molar-refractivity contribution in [2.24, 2.45) is 5.73 Å². The number of primary amides is 1. The first-order chi connectivity index (χ1) is 8.58. The summed E-state index contributed by atoms with van der Waals surface area (Å²) >= 11 is 6.04. The summed E-state index contributed by atoms with van der Waals surface area (Å²) in [6.07, 6.45) is 0. The van der Waals surface area contributed by atoms with Crippen molar-refractivity contribution >= 4 is 34.6 Å². The second-order valence-corrected chi connectivity index (χ2v) is 4.18. The zero-order chi connectivity index (χ0) is 13.1. The van der Waals surface area contributed by atoms with Gasteiger partial charge in [0.15, 0.2) is 0 Å². The van der Waals surface area contributed by atoms with Crippen molar-refractivity contribution < 1.29 is 4.79 Å². The van der Waals surface area contributed by atoms with Gasteiger partial charge in [-0.05, 0) is 30.3 Å². The van der Waals surface area contributed by atoms with Crippen molar-refractivity contribution in [1.82, 2.24) is 0 Å². The maximum absolute atomic E-state index is 11.3. The van der Waals surface area contributed by atoms with Crippen molar-refractivity contribution in [3.05, 3.63) is 53.1 Å². The van der Waals surface area contributed by atoms with Crippen LogP contribution in [0, 0.1) is 0 Å². The zero-order valence-corrected chi connectivity index (χ0v) is 10.2. The number of hydrogen-bond donors (Lipinski definition) is 3. The van der Waals surface area contributed by atoms with Gasteiger partial charge >= 0.3 is 0 Å². The van der Waals surface area contributed by atoms with E-state index in [4.69, 9.17) is 23.1 Å². The summed E-state index contributed by atoms with van der Waals surface area (Å²) < 4.78 is 0. The second-order valence-electron chi connectivity index (χ2n) is 3.77. The van der Waals surface area contributed by atoms with Crippen LogP contribution in [0.2, 0.25) is 5.02 Å². The molecule has 5 heteroatoms. The molecule has 0 spiro atoms. The van der Waals surface area contributed by atoms with Gasteiger partial charge in [-0.2, -0.15) is 0 Å². The van der Waals surface area contributed by atoms with E-state index in [1.54, 1.807) is 30.3 Å². The van der Waals surface area contributed by atoms with E-state index in [1.807, 2.05) is 12.1 Å². The number of carbonyl (C=O) groups excluding carboxylic acids is 1. The third-order valence-electron chi connectivity index (χ3n) is 2.45. The highest BCUT2D eigenvalue weighted by molar-refractivity contribution is 6.33. The Labute approximate surface area is 110 Å². The molecule has 92 valence electrons. The van der Waals surface area contributed by atoms with Crippen molar-refractivity contribution in [1.29, 1.82) is 0 Å². The number of carbonyl (C=O) groups is 1. The molecule has 0 aliphatic carbocycles. The van der Waals surface area contributed by atoms with E-state index >= 15 is 0 Å². The fraction of sp³-hybridized carbons (Fsp3) is 0. The number of amides is 1. The topological polar surface area (TPSA) is 81.1 Å². The van der Waals surface area contributed by atoms with Crippen LogP contribution >= 0.6 is 11.6 Å². The van der Waals surface area contributed by atoms with Crippen LogP contribution in [-0.2, 0) is 0 Å². The number of rotatable bonds is 3. The van der Waals surface area contributed by atoms with E-state index in [1.165, 1.54) is 0 Å². The Morgan fingerprint density at radius 2 is 1.83 bits per heavy atom. The normalized spacial score (nSPS) is 10.1. The SMILES string of the molecule is NC(=O)c1ccc(N)cc1Nc1ccccc1Cl. The van der Waals surface area contributed by atoms with Crippen LogP contribution in [0.25, 0.3) is 0 Å². The van der Waals surface area contributed by atoms with Gasteiger partial charge in [0, 0.05) is 5.69 Å². The molecule has 0 bridgehead atoms. The Kier molecular flexibility index (Phi) is 3.39. The van der Waals surface area contributed by atoms with Crippen LogP contribution in [-0.4, -0.2) is 5.91 Å². The van der Waals surface area contributed by atoms with Gasteiger partial charge in [0.05, 0.1) is 22.0 Å². The first-order valence-electron chi connectivity index (χ1n) is 5.29. The molecule has 2 aromatic rings. The Hall–Kier alpha value is -2.20. The summed E-state index contributed by atoms with van der Waals surface area (Å²) in [5.41, 5.74) is 13.1. The van der Waals surface area contributed by atoms with Crippen molar-refractivity contribution in [3.8, 4) is 0 Å². The van der Waals surface area contributed by atoms with Crippen molar-refractivity contribution in [2.45, 2.75) is 0 Å². The monoisotopic (exact) mass is 261 g/mol. The highest BCUT2D eigenvalue weighted by atomic mass is 35.5. The van der Waals surface area contributed by atoms with E-state index < -0.39 is 5.91 Å². The summed E-state index contributed by atoms with van der Waals surface area (Å²) in [4.78, 5) is 11.3. The molecule has 5 N–H and O–H groups in total. The minimum absolute atomic E-state index is 0.365. The van der Waals surface area contributed by atoms with E-state index in [2.05, 4.69) is 5.32 Å². The summed E-state index contributed by atoms with van der Waals surface area (Å²) in [5.74, 6) is -0.524. The standard InChI is InChI=1S/C13H12ClN3O/c14-10-3-1-2-4-11(10)17-12-7-8(15)5-6-9(12)13(16)18/h1-7,17H,15H2,(H2,16,18). The lowest BCUT2D eigenvalue weighted by atomic mass is 10.1. The molecule has 0 aliphatic rings. The Morgan fingerprint density at radius 3 is 2.50 bits per heavy atom. The number of anilines is 3. The molecule has 0 saturated carbocycles. The lowest BCUT2D eigenvalue weighted by Crippen LogP contribution is -2.13. The summed E-state index contributed by atoms with van der Waals surface area (Å²) in [5, 5.41) is 3.60. The number of nitrogen functional groups attached to an aromatic ring is 1. The summed E-state index contributed by atoms with van der Waals surface area (Å²) in [6, 6.07) is 12.1. The van der Waals surface area contributed by atoms with Gasteiger partial charge in [0.2, 0.25) is 0 Å². The number of para-hydroxylation sites is 1. The molecule has 1 amide bonds. The smallest absolute Gasteiger partial charge is 0.250 e. The van der Waals surface area contributed by atoms with Crippen LogP contribution in [0.1, 0.15) is 10.4 Å². The molecule has 0 aliphatic heterocycles. The highest BCUT2D eigenvalue weighted by Gasteiger charge is 2.09. The van der Waals surface area contributed by atoms with E-state index in [0.717, 1.165) is 0 Å². The number of hydrogen-bond acceptors (Lipinski definition) is 3. The third-order valence-corrected chi connectivity index (χ3v) is 2.78. The van der Waals surface area contributed by atoms with Gasteiger partial charge in [-0.1, -0.05) is 23.7 Å².